The number of primary amides is 1. The van der Waals surface area contributed by atoms with Crippen LogP contribution in [0.1, 0.15) is 69.1 Å². The van der Waals surface area contributed by atoms with E-state index in [9.17, 15) is 27.6 Å². The first-order valence-electron chi connectivity index (χ1n) is 9.58. The maximum Gasteiger partial charge on any atom is 0.435 e. The van der Waals surface area contributed by atoms with Gasteiger partial charge >= 0.3 is 12.1 Å². The molecular weight excluding hydrogens is 437 g/mol. The van der Waals surface area contributed by atoms with Gasteiger partial charge in [-0.2, -0.15) is 18.3 Å². The molecule has 168 valence electrons. The van der Waals surface area contributed by atoms with Crippen molar-refractivity contribution in [2.24, 2.45) is 5.73 Å². The molecule has 0 radical (unpaired) electrons. The van der Waals surface area contributed by atoms with E-state index in [0.29, 0.717) is 11.3 Å². The van der Waals surface area contributed by atoms with Gasteiger partial charge in [0.25, 0.3) is 5.91 Å². The van der Waals surface area contributed by atoms with Crippen LogP contribution in [0.3, 0.4) is 0 Å². The van der Waals surface area contributed by atoms with Gasteiger partial charge in [0.05, 0.1) is 17.0 Å². The van der Waals surface area contributed by atoms with Crippen molar-refractivity contribution in [1.82, 2.24) is 9.78 Å². The summed E-state index contributed by atoms with van der Waals surface area (Å²) in [5.74, 6) is -2.00. The monoisotopic (exact) mass is 458 g/mol. The van der Waals surface area contributed by atoms with Gasteiger partial charge in [0.2, 0.25) is 5.91 Å². The Balaban J connectivity index is 1.76. The van der Waals surface area contributed by atoms with Crippen LogP contribution in [0.15, 0.2) is 6.07 Å². The Morgan fingerprint density at radius 3 is 2.58 bits per heavy atom. The Morgan fingerprint density at radius 1 is 1.35 bits per heavy atom. The molecule has 0 bridgehead atoms. The largest absolute Gasteiger partial charge is 0.462 e. The summed E-state index contributed by atoms with van der Waals surface area (Å²) in [7, 11) is 0. The number of ether oxygens (including phenoxy) is 1. The molecule has 2 aromatic heterocycles. The van der Waals surface area contributed by atoms with Gasteiger partial charge in [0.1, 0.15) is 5.00 Å². The highest BCUT2D eigenvalue weighted by atomic mass is 32.1. The number of nitrogens with zero attached hydrogens (tertiary/aromatic N) is 2. The fourth-order valence-corrected chi connectivity index (χ4v) is 4.20. The molecule has 0 unspecified atom stereocenters. The van der Waals surface area contributed by atoms with Crippen molar-refractivity contribution in [3.63, 3.8) is 0 Å². The zero-order valence-corrected chi connectivity index (χ0v) is 17.7. The molecule has 3 rings (SSSR count). The highest BCUT2D eigenvalue weighted by Gasteiger charge is 2.37. The van der Waals surface area contributed by atoms with E-state index in [1.54, 1.807) is 6.92 Å². The molecule has 2 aromatic rings. The molecule has 2 amide bonds. The summed E-state index contributed by atoms with van der Waals surface area (Å²) in [4.78, 5) is 36.5. The van der Waals surface area contributed by atoms with E-state index >= 15 is 0 Å². The van der Waals surface area contributed by atoms with Crippen LogP contribution >= 0.6 is 11.3 Å². The molecule has 8 nitrogen and oxygen atoms in total. The van der Waals surface area contributed by atoms with E-state index < -0.39 is 29.7 Å². The lowest BCUT2D eigenvalue weighted by Crippen LogP contribution is -2.18. The lowest BCUT2D eigenvalue weighted by molar-refractivity contribution is -0.141. The first kappa shape index (κ1) is 22.8. The third-order valence-electron chi connectivity index (χ3n) is 4.75. The van der Waals surface area contributed by atoms with Crippen molar-refractivity contribution in [2.75, 3.05) is 11.9 Å². The number of aromatic nitrogens is 2. The number of thiophene rings is 1. The van der Waals surface area contributed by atoms with Crippen LogP contribution in [-0.2, 0) is 22.3 Å². The minimum absolute atomic E-state index is 0.0140. The summed E-state index contributed by atoms with van der Waals surface area (Å²) in [6.45, 7) is 3.17. The molecule has 0 atom stereocenters. The normalized spacial score (nSPS) is 13.8. The molecule has 31 heavy (non-hydrogen) atoms. The van der Waals surface area contributed by atoms with Crippen molar-refractivity contribution in [3.05, 3.63) is 33.5 Å². The predicted octanol–water partition coefficient (Wildman–Crippen LogP) is 3.45. The molecule has 1 saturated carbocycles. The van der Waals surface area contributed by atoms with Gasteiger partial charge in [-0.3, -0.25) is 14.3 Å². The van der Waals surface area contributed by atoms with Gasteiger partial charge < -0.3 is 15.8 Å². The second-order valence-corrected chi connectivity index (χ2v) is 8.11. The Labute approximate surface area is 179 Å². The molecule has 12 heteroatoms. The number of rotatable bonds is 8. The summed E-state index contributed by atoms with van der Waals surface area (Å²) in [6, 6.07) is 1.02. The van der Waals surface area contributed by atoms with Crippen molar-refractivity contribution < 1.29 is 32.3 Å². The second-order valence-electron chi connectivity index (χ2n) is 7.09. The van der Waals surface area contributed by atoms with Crippen LogP contribution in [-0.4, -0.2) is 34.2 Å². The van der Waals surface area contributed by atoms with E-state index in [4.69, 9.17) is 10.5 Å². The predicted molar refractivity (Wildman–Crippen MR) is 106 cm³/mol. The lowest BCUT2D eigenvalue weighted by atomic mass is 10.1. The van der Waals surface area contributed by atoms with Crippen molar-refractivity contribution >= 4 is 34.1 Å². The third kappa shape index (κ3) is 5.06. The Hall–Kier alpha value is -2.89. The lowest BCUT2D eigenvalue weighted by Gasteiger charge is -2.09. The number of hydrogen-bond acceptors (Lipinski definition) is 6. The molecule has 0 saturated heterocycles. The number of amides is 2. The van der Waals surface area contributed by atoms with Gasteiger partial charge in [-0.25, -0.2) is 4.79 Å². The number of alkyl halides is 3. The molecule has 3 N–H and O–H groups in total. The molecular formula is C19H21F3N4O4S. The zero-order chi connectivity index (χ0) is 22.9. The van der Waals surface area contributed by atoms with Crippen molar-refractivity contribution in [1.29, 1.82) is 0 Å². The summed E-state index contributed by atoms with van der Waals surface area (Å²) >= 11 is 0.845. The van der Waals surface area contributed by atoms with E-state index in [0.717, 1.165) is 30.2 Å². The van der Waals surface area contributed by atoms with Crippen LogP contribution < -0.4 is 11.1 Å². The standard InChI is InChI=1S/C19H21F3N4O4S/c1-3-30-18(29)14-9(2)15(16(23)28)31-17(14)24-13(27)6-7-26-11(10-4-5-10)8-12(25-26)19(20,21)22/h8,10H,3-7H2,1-2H3,(H2,23,28)(H,24,27). The second kappa shape index (κ2) is 8.69. The summed E-state index contributed by atoms with van der Waals surface area (Å²) in [6.07, 6.45) is -3.18. The van der Waals surface area contributed by atoms with Crippen LogP contribution in [0.4, 0.5) is 18.2 Å². The fourth-order valence-electron chi connectivity index (χ4n) is 3.14. The van der Waals surface area contributed by atoms with Gasteiger partial charge in [0.15, 0.2) is 5.69 Å². The van der Waals surface area contributed by atoms with Gasteiger partial charge in [-0.15, -0.1) is 11.3 Å². The number of carbonyl (C=O) groups is 3. The first-order valence-corrected chi connectivity index (χ1v) is 10.4. The molecule has 1 aliphatic rings. The molecule has 1 fully saturated rings. The third-order valence-corrected chi connectivity index (χ3v) is 5.97. The molecule has 2 heterocycles. The molecule has 0 aliphatic heterocycles. The van der Waals surface area contributed by atoms with E-state index in [2.05, 4.69) is 10.4 Å². The number of halogens is 3. The number of aryl methyl sites for hydroxylation is 1. The number of hydrogen-bond donors (Lipinski definition) is 2. The maximum absolute atomic E-state index is 13.0. The van der Waals surface area contributed by atoms with Crippen LogP contribution in [0.25, 0.3) is 0 Å². The highest BCUT2D eigenvalue weighted by Crippen LogP contribution is 2.42. The van der Waals surface area contributed by atoms with E-state index in [1.165, 1.54) is 11.6 Å². The van der Waals surface area contributed by atoms with E-state index in [-0.39, 0.29) is 40.9 Å². The molecule has 0 aromatic carbocycles. The average Bonchev–Trinajstić information content (AvgIpc) is 3.32. The van der Waals surface area contributed by atoms with Gasteiger partial charge in [-0.1, -0.05) is 0 Å². The van der Waals surface area contributed by atoms with Gasteiger partial charge in [-0.05, 0) is 38.3 Å². The average molecular weight is 458 g/mol. The van der Waals surface area contributed by atoms with Crippen LogP contribution in [0.5, 0.6) is 0 Å². The number of carbonyl (C=O) groups excluding carboxylic acids is 3. The quantitative estimate of drug-likeness (QED) is 0.588. The Bertz CT molecular complexity index is 1020. The zero-order valence-electron chi connectivity index (χ0n) is 16.8. The number of nitrogens with one attached hydrogen (secondary N) is 1. The summed E-state index contributed by atoms with van der Waals surface area (Å²) < 4.78 is 45.2. The van der Waals surface area contributed by atoms with Gasteiger partial charge in [0, 0.05) is 24.6 Å². The number of nitrogens with two attached hydrogens (primary N) is 1. The summed E-state index contributed by atoms with van der Waals surface area (Å²) in [5, 5.41) is 6.26. The van der Waals surface area contributed by atoms with Crippen LogP contribution in [0.2, 0.25) is 0 Å². The smallest absolute Gasteiger partial charge is 0.435 e. The molecule has 1 aliphatic carbocycles. The number of anilines is 1. The molecule has 0 spiro atoms. The van der Waals surface area contributed by atoms with Crippen molar-refractivity contribution in [3.8, 4) is 0 Å². The fraction of sp³-hybridized carbons (Fsp3) is 0.474. The minimum atomic E-state index is -4.56. The Kier molecular flexibility index (Phi) is 6.39. The van der Waals surface area contributed by atoms with Crippen LogP contribution in [0, 0.1) is 6.92 Å². The number of esters is 1. The SMILES string of the molecule is CCOC(=O)c1c(NC(=O)CCn2nc(C(F)(F)F)cc2C2CC2)sc(C(N)=O)c1C. The summed E-state index contributed by atoms with van der Waals surface area (Å²) in [5.41, 5.74) is 5.12. The highest BCUT2D eigenvalue weighted by molar-refractivity contribution is 7.18. The topological polar surface area (TPSA) is 116 Å². The Morgan fingerprint density at radius 2 is 2.03 bits per heavy atom. The van der Waals surface area contributed by atoms with E-state index in [1.807, 2.05) is 0 Å². The van der Waals surface area contributed by atoms with Crippen molar-refractivity contribution in [2.45, 2.75) is 51.7 Å². The minimum Gasteiger partial charge on any atom is -0.462 e. The first-order chi connectivity index (χ1) is 14.5. The maximum atomic E-state index is 13.0.